The highest BCUT2D eigenvalue weighted by Gasteiger charge is 2.35. The Bertz CT molecular complexity index is 598. The number of halogens is 1. The standard InChI is InChI=1S/C20H32FN3O2/c1-5-22-18(23-14-19(2,3)25-4)24-15-20(9-11-26-12-10-20)16-7-6-8-17(21)13-16/h6-8,13H,5,9-12,14-15H2,1-4H3,(H2,22,23,24). The molecule has 0 unspecified atom stereocenters. The number of methoxy groups -OCH3 is 1. The van der Waals surface area contributed by atoms with Crippen LogP contribution in [0.5, 0.6) is 0 Å². The zero-order valence-corrected chi connectivity index (χ0v) is 16.4. The summed E-state index contributed by atoms with van der Waals surface area (Å²) in [6, 6.07) is 6.92. The Morgan fingerprint density at radius 1 is 1.31 bits per heavy atom. The quantitative estimate of drug-likeness (QED) is 0.576. The minimum Gasteiger partial charge on any atom is -0.381 e. The molecular weight excluding hydrogens is 333 g/mol. The highest BCUT2D eigenvalue weighted by molar-refractivity contribution is 5.80. The first kappa shape index (κ1) is 20.6. The third kappa shape index (κ3) is 5.68. The molecule has 1 aliphatic rings. The largest absolute Gasteiger partial charge is 0.381 e. The Kier molecular flexibility index (Phi) is 7.41. The topological polar surface area (TPSA) is 54.9 Å². The second kappa shape index (κ2) is 9.33. The number of guanidine groups is 1. The van der Waals surface area contributed by atoms with Crippen LogP contribution < -0.4 is 10.6 Å². The monoisotopic (exact) mass is 365 g/mol. The van der Waals surface area contributed by atoms with E-state index in [4.69, 9.17) is 9.47 Å². The normalized spacial score (nSPS) is 17.8. The summed E-state index contributed by atoms with van der Waals surface area (Å²) in [5, 5.41) is 6.73. The van der Waals surface area contributed by atoms with Gasteiger partial charge in [0, 0.05) is 38.8 Å². The molecule has 2 N–H and O–H groups in total. The molecule has 0 saturated carbocycles. The molecule has 5 nitrogen and oxygen atoms in total. The van der Waals surface area contributed by atoms with Crippen LogP contribution in [0.1, 0.15) is 39.2 Å². The van der Waals surface area contributed by atoms with Crippen LogP contribution in [0.3, 0.4) is 0 Å². The molecule has 0 spiro atoms. The molecule has 0 aliphatic carbocycles. The number of nitrogens with zero attached hydrogens (tertiary/aromatic N) is 1. The van der Waals surface area contributed by atoms with Crippen molar-refractivity contribution in [1.29, 1.82) is 0 Å². The molecular formula is C20H32FN3O2. The number of ether oxygens (including phenoxy) is 2. The average Bonchev–Trinajstić information content (AvgIpc) is 2.65. The molecule has 0 radical (unpaired) electrons. The fraction of sp³-hybridized carbons (Fsp3) is 0.650. The molecule has 1 saturated heterocycles. The van der Waals surface area contributed by atoms with Gasteiger partial charge in [0.05, 0.1) is 12.1 Å². The summed E-state index contributed by atoms with van der Waals surface area (Å²) in [7, 11) is 1.69. The van der Waals surface area contributed by atoms with E-state index in [0.717, 1.165) is 30.9 Å². The van der Waals surface area contributed by atoms with Gasteiger partial charge in [-0.1, -0.05) is 12.1 Å². The fourth-order valence-corrected chi connectivity index (χ4v) is 3.08. The molecule has 0 amide bonds. The van der Waals surface area contributed by atoms with E-state index in [0.29, 0.717) is 26.3 Å². The third-order valence-corrected chi connectivity index (χ3v) is 5.00. The van der Waals surface area contributed by atoms with Gasteiger partial charge in [0.2, 0.25) is 0 Å². The van der Waals surface area contributed by atoms with Crippen molar-refractivity contribution < 1.29 is 13.9 Å². The Labute approximate surface area is 156 Å². The van der Waals surface area contributed by atoms with E-state index >= 15 is 0 Å². The summed E-state index contributed by atoms with van der Waals surface area (Å²) in [5.74, 6) is 0.552. The number of hydrogen-bond acceptors (Lipinski definition) is 3. The van der Waals surface area contributed by atoms with Gasteiger partial charge in [-0.3, -0.25) is 4.99 Å². The molecule has 26 heavy (non-hydrogen) atoms. The number of benzene rings is 1. The lowest BCUT2D eigenvalue weighted by atomic mass is 9.74. The molecule has 1 heterocycles. The molecule has 6 heteroatoms. The molecule has 0 atom stereocenters. The minimum atomic E-state index is -0.318. The lowest BCUT2D eigenvalue weighted by Gasteiger charge is -2.38. The van der Waals surface area contributed by atoms with E-state index in [1.807, 2.05) is 26.8 Å². The van der Waals surface area contributed by atoms with Crippen molar-refractivity contribution in [3.63, 3.8) is 0 Å². The molecule has 1 aliphatic heterocycles. The van der Waals surface area contributed by atoms with Crippen LogP contribution in [0.2, 0.25) is 0 Å². The second-order valence-electron chi connectivity index (χ2n) is 7.42. The fourth-order valence-electron chi connectivity index (χ4n) is 3.08. The number of rotatable bonds is 7. The minimum absolute atomic E-state index is 0.159. The van der Waals surface area contributed by atoms with Crippen LogP contribution in [0.4, 0.5) is 4.39 Å². The highest BCUT2D eigenvalue weighted by atomic mass is 19.1. The molecule has 146 valence electrons. The van der Waals surface area contributed by atoms with Crippen molar-refractivity contribution in [3.05, 3.63) is 35.6 Å². The van der Waals surface area contributed by atoms with E-state index in [1.54, 1.807) is 19.2 Å². The Morgan fingerprint density at radius 2 is 2.04 bits per heavy atom. The first-order valence-corrected chi connectivity index (χ1v) is 9.32. The van der Waals surface area contributed by atoms with E-state index in [9.17, 15) is 4.39 Å². The first-order valence-electron chi connectivity index (χ1n) is 9.32. The van der Waals surface area contributed by atoms with Crippen LogP contribution in [-0.2, 0) is 14.9 Å². The van der Waals surface area contributed by atoms with Crippen LogP contribution in [-0.4, -0.2) is 51.5 Å². The summed E-state index contributed by atoms with van der Waals surface area (Å²) in [4.78, 5) is 4.65. The third-order valence-electron chi connectivity index (χ3n) is 5.00. The zero-order valence-electron chi connectivity index (χ0n) is 16.4. The van der Waals surface area contributed by atoms with E-state index in [1.165, 1.54) is 6.07 Å². The summed E-state index contributed by atoms with van der Waals surface area (Å²) < 4.78 is 24.8. The maximum atomic E-state index is 13.8. The summed E-state index contributed by atoms with van der Waals surface area (Å²) >= 11 is 0. The van der Waals surface area contributed by atoms with Crippen LogP contribution in [0.25, 0.3) is 0 Å². The Morgan fingerprint density at radius 3 is 2.65 bits per heavy atom. The highest BCUT2D eigenvalue weighted by Crippen LogP contribution is 2.34. The van der Waals surface area contributed by atoms with Gasteiger partial charge >= 0.3 is 0 Å². The van der Waals surface area contributed by atoms with Gasteiger partial charge < -0.3 is 20.1 Å². The van der Waals surface area contributed by atoms with Gasteiger partial charge in [-0.15, -0.1) is 0 Å². The van der Waals surface area contributed by atoms with Gasteiger partial charge in [0.25, 0.3) is 0 Å². The van der Waals surface area contributed by atoms with Gasteiger partial charge in [0.1, 0.15) is 5.82 Å². The smallest absolute Gasteiger partial charge is 0.191 e. The molecule has 2 rings (SSSR count). The summed E-state index contributed by atoms with van der Waals surface area (Å²) in [5.41, 5.74) is 0.538. The second-order valence-corrected chi connectivity index (χ2v) is 7.42. The summed E-state index contributed by atoms with van der Waals surface area (Å²) in [6.45, 7) is 9.42. The van der Waals surface area contributed by atoms with Crippen molar-refractivity contribution in [2.24, 2.45) is 4.99 Å². The van der Waals surface area contributed by atoms with Crippen LogP contribution in [0.15, 0.2) is 29.3 Å². The molecule has 0 bridgehead atoms. The predicted molar refractivity (Wildman–Crippen MR) is 103 cm³/mol. The van der Waals surface area contributed by atoms with Crippen molar-refractivity contribution in [3.8, 4) is 0 Å². The lowest BCUT2D eigenvalue weighted by Crippen LogP contribution is -2.48. The Hall–Kier alpha value is -1.66. The van der Waals surface area contributed by atoms with E-state index < -0.39 is 0 Å². The maximum Gasteiger partial charge on any atom is 0.191 e. The van der Waals surface area contributed by atoms with E-state index in [2.05, 4.69) is 15.6 Å². The summed E-state index contributed by atoms with van der Waals surface area (Å²) in [6.07, 6.45) is 1.71. The number of nitrogens with one attached hydrogen (secondary N) is 2. The SMILES string of the molecule is CCNC(=NCC(C)(C)OC)NCC1(c2cccc(F)c2)CCOCC1. The average molecular weight is 365 g/mol. The van der Waals surface area contributed by atoms with Crippen molar-refractivity contribution >= 4 is 5.96 Å². The number of aliphatic imine (C=N–C) groups is 1. The molecule has 1 aromatic rings. The van der Waals surface area contributed by atoms with Gasteiger partial charge in [-0.25, -0.2) is 4.39 Å². The lowest BCUT2D eigenvalue weighted by molar-refractivity contribution is 0.0310. The van der Waals surface area contributed by atoms with Gasteiger partial charge in [0.15, 0.2) is 5.96 Å². The zero-order chi connectivity index (χ0) is 19.0. The van der Waals surface area contributed by atoms with E-state index in [-0.39, 0.29) is 16.8 Å². The van der Waals surface area contributed by atoms with Crippen molar-refractivity contribution in [2.75, 3.05) is 40.0 Å². The van der Waals surface area contributed by atoms with Gasteiger partial charge in [-0.2, -0.15) is 0 Å². The van der Waals surface area contributed by atoms with Gasteiger partial charge in [-0.05, 0) is 51.3 Å². The molecule has 1 aromatic carbocycles. The van der Waals surface area contributed by atoms with Crippen LogP contribution >= 0.6 is 0 Å². The van der Waals surface area contributed by atoms with Crippen LogP contribution in [0, 0.1) is 5.82 Å². The van der Waals surface area contributed by atoms with Crippen molar-refractivity contribution in [2.45, 2.75) is 44.6 Å². The van der Waals surface area contributed by atoms with Crippen molar-refractivity contribution in [1.82, 2.24) is 10.6 Å². The predicted octanol–water partition coefficient (Wildman–Crippen LogP) is 2.85. The first-order chi connectivity index (χ1) is 12.4. The maximum absolute atomic E-state index is 13.8. The molecule has 0 aromatic heterocycles. The Balaban J connectivity index is 2.15. The number of hydrogen-bond donors (Lipinski definition) is 2. The molecule has 1 fully saturated rings.